The highest BCUT2D eigenvalue weighted by molar-refractivity contribution is 5.69. The Labute approximate surface area is 122 Å². The van der Waals surface area contributed by atoms with Gasteiger partial charge in [0.25, 0.3) is 0 Å². The van der Waals surface area contributed by atoms with Gasteiger partial charge in [-0.1, -0.05) is 6.07 Å². The van der Waals surface area contributed by atoms with Crippen LogP contribution in [0.3, 0.4) is 0 Å². The first-order chi connectivity index (χ1) is 10.2. The zero-order valence-electron chi connectivity index (χ0n) is 11.6. The SMILES string of the molecule is O=C(O)N1CCc2nn3c(c2C1)-c1ncccc1CCC3. The van der Waals surface area contributed by atoms with E-state index in [1.54, 1.807) is 6.20 Å². The van der Waals surface area contributed by atoms with Gasteiger partial charge in [-0.05, 0) is 24.5 Å². The maximum Gasteiger partial charge on any atom is 0.407 e. The lowest BCUT2D eigenvalue weighted by Gasteiger charge is -2.24. The van der Waals surface area contributed by atoms with Crippen LogP contribution < -0.4 is 0 Å². The molecule has 108 valence electrons. The third-order valence-electron chi connectivity index (χ3n) is 4.30. The smallest absolute Gasteiger partial charge is 0.407 e. The Kier molecular flexibility index (Phi) is 2.70. The third-order valence-corrected chi connectivity index (χ3v) is 4.30. The lowest BCUT2D eigenvalue weighted by atomic mass is 10.0. The first-order valence-electron chi connectivity index (χ1n) is 7.25. The molecule has 0 saturated carbocycles. The van der Waals surface area contributed by atoms with Gasteiger partial charge in [0.1, 0.15) is 0 Å². The molecule has 2 aliphatic rings. The fourth-order valence-corrected chi connectivity index (χ4v) is 3.29. The van der Waals surface area contributed by atoms with E-state index in [1.807, 2.05) is 10.7 Å². The first kappa shape index (κ1) is 12.4. The van der Waals surface area contributed by atoms with Crippen molar-refractivity contribution < 1.29 is 9.90 Å². The summed E-state index contributed by atoms with van der Waals surface area (Å²) >= 11 is 0. The van der Waals surface area contributed by atoms with Crippen LogP contribution in [0.2, 0.25) is 0 Å². The maximum atomic E-state index is 11.3. The number of nitrogens with zero attached hydrogens (tertiary/aromatic N) is 4. The number of carbonyl (C=O) groups is 1. The van der Waals surface area contributed by atoms with Gasteiger partial charge in [-0.15, -0.1) is 0 Å². The minimum Gasteiger partial charge on any atom is -0.465 e. The number of amides is 1. The monoisotopic (exact) mass is 284 g/mol. The number of fused-ring (bicyclic) bond motifs is 5. The molecule has 6 nitrogen and oxygen atoms in total. The van der Waals surface area contributed by atoms with E-state index in [2.05, 4.69) is 11.1 Å². The van der Waals surface area contributed by atoms with Crippen molar-refractivity contribution in [2.75, 3.05) is 6.54 Å². The molecule has 0 bridgehead atoms. The molecule has 4 rings (SSSR count). The van der Waals surface area contributed by atoms with Crippen LogP contribution in [0.4, 0.5) is 4.79 Å². The van der Waals surface area contributed by atoms with E-state index >= 15 is 0 Å². The van der Waals surface area contributed by atoms with Crippen molar-refractivity contribution in [3.05, 3.63) is 35.2 Å². The summed E-state index contributed by atoms with van der Waals surface area (Å²) in [6, 6.07) is 4.07. The Morgan fingerprint density at radius 3 is 3.05 bits per heavy atom. The van der Waals surface area contributed by atoms with Crippen LogP contribution in [0.1, 0.15) is 23.2 Å². The summed E-state index contributed by atoms with van der Waals surface area (Å²) in [7, 11) is 0. The van der Waals surface area contributed by atoms with E-state index < -0.39 is 6.09 Å². The Hall–Kier alpha value is -2.37. The van der Waals surface area contributed by atoms with Crippen molar-refractivity contribution in [2.45, 2.75) is 32.4 Å². The molecule has 0 fully saturated rings. The number of hydrogen-bond donors (Lipinski definition) is 1. The largest absolute Gasteiger partial charge is 0.465 e. The molecule has 0 aliphatic carbocycles. The number of hydrogen-bond acceptors (Lipinski definition) is 3. The molecule has 2 aromatic rings. The average Bonchev–Trinajstić information content (AvgIpc) is 2.74. The fraction of sp³-hybridized carbons (Fsp3) is 0.400. The Balaban J connectivity index is 1.88. The minimum atomic E-state index is -0.865. The van der Waals surface area contributed by atoms with Crippen LogP contribution in [-0.2, 0) is 25.9 Å². The number of pyridine rings is 1. The van der Waals surface area contributed by atoms with Crippen LogP contribution in [0.5, 0.6) is 0 Å². The molecule has 0 radical (unpaired) electrons. The number of aryl methyl sites for hydroxylation is 2. The van der Waals surface area contributed by atoms with E-state index in [-0.39, 0.29) is 0 Å². The maximum absolute atomic E-state index is 11.3. The highest BCUT2D eigenvalue weighted by atomic mass is 16.4. The molecule has 0 unspecified atom stereocenters. The van der Waals surface area contributed by atoms with Gasteiger partial charge in [0.15, 0.2) is 0 Å². The van der Waals surface area contributed by atoms with Crippen molar-refractivity contribution in [3.63, 3.8) is 0 Å². The van der Waals surface area contributed by atoms with Crippen molar-refractivity contribution >= 4 is 6.09 Å². The predicted octanol–water partition coefficient (Wildman–Crippen LogP) is 1.93. The summed E-state index contributed by atoms with van der Waals surface area (Å²) < 4.78 is 2.02. The van der Waals surface area contributed by atoms with Gasteiger partial charge in [-0.25, -0.2) is 4.79 Å². The summed E-state index contributed by atoms with van der Waals surface area (Å²) in [5.41, 5.74) is 5.28. The van der Waals surface area contributed by atoms with E-state index in [4.69, 9.17) is 5.10 Å². The average molecular weight is 284 g/mol. The quantitative estimate of drug-likeness (QED) is 0.802. The molecule has 1 amide bonds. The molecule has 2 aliphatic heterocycles. The van der Waals surface area contributed by atoms with Gasteiger partial charge in [-0.3, -0.25) is 9.67 Å². The summed E-state index contributed by atoms with van der Waals surface area (Å²) in [5, 5.41) is 13.9. The lowest BCUT2D eigenvalue weighted by Crippen LogP contribution is -2.34. The van der Waals surface area contributed by atoms with Crippen LogP contribution in [0.25, 0.3) is 11.4 Å². The molecule has 6 heteroatoms. The number of aromatic nitrogens is 3. The van der Waals surface area contributed by atoms with Crippen LogP contribution in [0.15, 0.2) is 18.3 Å². The lowest BCUT2D eigenvalue weighted by molar-refractivity contribution is 0.140. The highest BCUT2D eigenvalue weighted by Gasteiger charge is 2.29. The highest BCUT2D eigenvalue weighted by Crippen LogP contribution is 2.33. The summed E-state index contributed by atoms with van der Waals surface area (Å²) in [6.45, 7) is 1.80. The standard InChI is InChI=1S/C15H16N4O2/c20-15(21)18-8-5-12-11(9-18)14-13-10(3-1-6-16-13)4-2-7-19(14)17-12/h1,3,6H,2,4-5,7-9H2,(H,20,21). The van der Waals surface area contributed by atoms with E-state index in [0.29, 0.717) is 19.5 Å². The Morgan fingerprint density at radius 2 is 2.19 bits per heavy atom. The summed E-state index contributed by atoms with van der Waals surface area (Å²) in [5.74, 6) is 0. The molecule has 21 heavy (non-hydrogen) atoms. The normalized spacial score (nSPS) is 16.7. The molecular formula is C15H16N4O2. The minimum absolute atomic E-state index is 0.413. The Bertz CT molecular complexity index is 722. The zero-order chi connectivity index (χ0) is 14.4. The fourth-order valence-electron chi connectivity index (χ4n) is 3.29. The van der Waals surface area contributed by atoms with Gasteiger partial charge in [0, 0.05) is 31.3 Å². The molecular weight excluding hydrogens is 268 g/mol. The topological polar surface area (TPSA) is 71.2 Å². The summed E-state index contributed by atoms with van der Waals surface area (Å²) in [4.78, 5) is 17.3. The molecule has 4 heterocycles. The molecule has 0 aromatic carbocycles. The van der Waals surface area contributed by atoms with Gasteiger partial charge in [0.05, 0.1) is 23.6 Å². The van der Waals surface area contributed by atoms with E-state index in [1.165, 1.54) is 10.5 Å². The van der Waals surface area contributed by atoms with Gasteiger partial charge in [-0.2, -0.15) is 5.10 Å². The molecule has 2 aromatic heterocycles. The second-order valence-electron chi connectivity index (χ2n) is 5.57. The second kappa shape index (κ2) is 4.58. The van der Waals surface area contributed by atoms with Gasteiger partial charge in [0.2, 0.25) is 0 Å². The van der Waals surface area contributed by atoms with Gasteiger partial charge >= 0.3 is 6.09 Å². The molecule has 0 atom stereocenters. The van der Waals surface area contributed by atoms with Crippen molar-refractivity contribution in [1.82, 2.24) is 19.7 Å². The first-order valence-corrected chi connectivity index (χ1v) is 7.25. The van der Waals surface area contributed by atoms with E-state index in [9.17, 15) is 9.90 Å². The van der Waals surface area contributed by atoms with Gasteiger partial charge < -0.3 is 10.0 Å². The van der Waals surface area contributed by atoms with Crippen molar-refractivity contribution in [1.29, 1.82) is 0 Å². The summed E-state index contributed by atoms with van der Waals surface area (Å²) in [6.07, 6.45) is 3.64. The van der Waals surface area contributed by atoms with Crippen LogP contribution in [-0.4, -0.2) is 37.4 Å². The van der Waals surface area contributed by atoms with E-state index in [0.717, 1.165) is 42.0 Å². The third kappa shape index (κ3) is 1.90. The van der Waals surface area contributed by atoms with Crippen LogP contribution >= 0.6 is 0 Å². The Morgan fingerprint density at radius 1 is 1.29 bits per heavy atom. The molecule has 0 saturated heterocycles. The molecule has 0 spiro atoms. The zero-order valence-corrected chi connectivity index (χ0v) is 11.6. The second-order valence-corrected chi connectivity index (χ2v) is 5.57. The van der Waals surface area contributed by atoms with Crippen molar-refractivity contribution in [3.8, 4) is 11.4 Å². The number of rotatable bonds is 0. The van der Waals surface area contributed by atoms with Crippen LogP contribution in [0, 0.1) is 0 Å². The number of carboxylic acid groups (broad SMARTS) is 1. The molecule has 1 N–H and O–H groups in total. The van der Waals surface area contributed by atoms with Crippen molar-refractivity contribution in [2.24, 2.45) is 0 Å². The predicted molar refractivity (Wildman–Crippen MR) is 75.9 cm³/mol.